The lowest BCUT2D eigenvalue weighted by Crippen LogP contribution is -2.55. The molecule has 0 saturated heterocycles. The number of aromatic nitrogens is 4. The van der Waals surface area contributed by atoms with Gasteiger partial charge in [0.1, 0.15) is 34.4 Å². The molecule has 256 valence electrons. The summed E-state index contributed by atoms with van der Waals surface area (Å²) in [5, 5.41) is 7.92. The first kappa shape index (κ1) is 34.5. The third-order valence-electron chi connectivity index (χ3n) is 8.45. The summed E-state index contributed by atoms with van der Waals surface area (Å²) < 4.78 is 24.0. The molecule has 0 spiro atoms. The monoisotopic (exact) mass is 698 g/mol. The van der Waals surface area contributed by atoms with E-state index in [-0.39, 0.29) is 24.3 Å². The van der Waals surface area contributed by atoms with Crippen LogP contribution in [0.25, 0.3) is 44.6 Å². The second-order valence-electron chi connectivity index (χ2n) is 13.1. The molecule has 0 atom stereocenters. The molecule has 0 aliphatic rings. The molecule has 0 unspecified atom stereocenters. The maximum absolute atomic E-state index is 6.26. The number of fused-ring (bicyclic) bond motifs is 2. The highest BCUT2D eigenvalue weighted by Gasteiger charge is 2.46. The van der Waals surface area contributed by atoms with Crippen molar-refractivity contribution in [3.63, 3.8) is 0 Å². The Morgan fingerprint density at radius 1 is 0.531 bits per heavy atom. The fourth-order valence-electron chi connectivity index (χ4n) is 6.24. The number of thiazole rings is 2. The summed E-state index contributed by atoms with van der Waals surface area (Å²) in [7, 11) is 3.32. The Bertz CT molecular complexity index is 1950. The zero-order valence-electron chi connectivity index (χ0n) is 29.8. The molecule has 6 rings (SSSR count). The predicted octanol–water partition coefficient (Wildman–Crippen LogP) is 10.1. The Hall–Kier alpha value is -4.32. The fourth-order valence-corrected chi connectivity index (χ4v) is 8.74. The second-order valence-corrected chi connectivity index (χ2v) is 14.8. The number of quaternary nitrogens is 1. The van der Waals surface area contributed by atoms with Crippen LogP contribution in [-0.2, 0) is 0 Å². The van der Waals surface area contributed by atoms with E-state index < -0.39 is 0 Å². The van der Waals surface area contributed by atoms with Gasteiger partial charge in [-0.15, -0.1) is 0 Å². The molecule has 6 aromatic rings. The largest absolute Gasteiger partial charge is 0.497 e. The van der Waals surface area contributed by atoms with Crippen LogP contribution in [0, 0.1) is 0 Å². The van der Waals surface area contributed by atoms with E-state index >= 15 is 0 Å². The van der Waals surface area contributed by atoms with Gasteiger partial charge in [0.2, 0.25) is 0 Å². The fraction of sp³-hybridized carbons (Fsp3) is 0.368. The van der Waals surface area contributed by atoms with Crippen molar-refractivity contribution >= 4 is 54.7 Å². The minimum atomic E-state index is 0.00369. The lowest BCUT2D eigenvalue weighted by atomic mass is 10.1. The Morgan fingerprint density at radius 2 is 0.939 bits per heavy atom. The molecule has 0 amide bonds. The third-order valence-corrected chi connectivity index (χ3v) is 10.3. The predicted molar refractivity (Wildman–Crippen MR) is 202 cm³/mol. The van der Waals surface area contributed by atoms with Gasteiger partial charge in [0.05, 0.1) is 60.9 Å². The lowest BCUT2D eigenvalue weighted by molar-refractivity contribution is 0.245. The van der Waals surface area contributed by atoms with Gasteiger partial charge < -0.3 is 18.9 Å². The molecule has 4 heterocycles. The standard InChI is InChI=1S/C38H44N5O4S2/c1-21(2)43(22(3)4,37-41-33(19-48-37)31-17-35(46-23(5)6)27-13-11-25(44-9)15-29(27)39-31)38-42-34(20-49-38)32-18-36(47-24(7)8)28-14-12-26(45-10)16-30(28)40-32/h11-24H,1-10H3/q+1. The molecule has 11 heteroatoms. The molecule has 4 aromatic heterocycles. The van der Waals surface area contributed by atoms with Crippen molar-refractivity contribution < 1.29 is 18.9 Å². The van der Waals surface area contributed by atoms with E-state index in [4.69, 9.17) is 38.9 Å². The highest BCUT2D eigenvalue weighted by atomic mass is 32.1. The molecule has 2 aromatic carbocycles. The van der Waals surface area contributed by atoms with Crippen LogP contribution in [0.2, 0.25) is 0 Å². The molecule has 0 bridgehead atoms. The number of methoxy groups -OCH3 is 2. The molecule has 0 N–H and O–H groups in total. The summed E-state index contributed by atoms with van der Waals surface area (Å²) >= 11 is 3.26. The summed E-state index contributed by atoms with van der Waals surface area (Å²) in [5.74, 6) is 3.02. The topological polar surface area (TPSA) is 88.5 Å². The Kier molecular flexibility index (Phi) is 9.79. The number of rotatable bonds is 12. The van der Waals surface area contributed by atoms with Gasteiger partial charge in [-0.05, 0) is 79.7 Å². The smallest absolute Gasteiger partial charge is 0.294 e. The van der Waals surface area contributed by atoms with Crippen LogP contribution in [0.1, 0.15) is 55.4 Å². The van der Waals surface area contributed by atoms with Gasteiger partial charge in [-0.3, -0.25) is 0 Å². The summed E-state index contributed by atoms with van der Waals surface area (Å²) in [6, 6.07) is 16.0. The molecule has 0 fully saturated rings. The molecular formula is C38H44N5O4S2+. The highest BCUT2D eigenvalue weighted by molar-refractivity contribution is 7.15. The average molecular weight is 699 g/mol. The lowest BCUT2D eigenvalue weighted by Gasteiger charge is -2.39. The zero-order valence-corrected chi connectivity index (χ0v) is 31.4. The maximum atomic E-state index is 6.26. The molecule has 0 aliphatic heterocycles. The normalized spacial score (nSPS) is 12.2. The molecular weight excluding hydrogens is 655 g/mol. The summed E-state index contributed by atoms with van der Waals surface area (Å²) in [5.41, 5.74) is 4.66. The number of hydrogen-bond donors (Lipinski definition) is 0. The zero-order chi connectivity index (χ0) is 35.0. The van der Waals surface area contributed by atoms with E-state index in [2.05, 4.69) is 38.5 Å². The Labute approximate surface area is 296 Å². The molecule has 9 nitrogen and oxygen atoms in total. The van der Waals surface area contributed by atoms with E-state index in [1.165, 1.54) is 0 Å². The first-order valence-electron chi connectivity index (χ1n) is 16.6. The van der Waals surface area contributed by atoms with Crippen LogP contribution in [0.5, 0.6) is 23.0 Å². The van der Waals surface area contributed by atoms with Crippen LogP contribution < -0.4 is 23.4 Å². The summed E-state index contributed by atoms with van der Waals surface area (Å²) in [6.45, 7) is 17.0. The maximum Gasteiger partial charge on any atom is 0.294 e. The van der Waals surface area contributed by atoms with Crippen molar-refractivity contribution in [1.82, 2.24) is 24.4 Å². The van der Waals surface area contributed by atoms with E-state index in [1.54, 1.807) is 36.9 Å². The number of nitrogens with zero attached hydrogens (tertiary/aromatic N) is 5. The number of hydrogen-bond acceptors (Lipinski definition) is 10. The molecule has 49 heavy (non-hydrogen) atoms. The molecule has 0 aliphatic carbocycles. The molecule has 0 saturated carbocycles. The van der Waals surface area contributed by atoms with Crippen LogP contribution in [0.3, 0.4) is 0 Å². The van der Waals surface area contributed by atoms with Crippen molar-refractivity contribution in [3.05, 3.63) is 59.3 Å². The first-order valence-corrected chi connectivity index (χ1v) is 18.3. The van der Waals surface area contributed by atoms with Crippen molar-refractivity contribution in [2.45, 2.75) is 79.7 Å². The van der Waals surface area contributed by atoms with E-state index in [9.17, 15) is 0 Å². The minimum Gasteiger partial charge on any atom is -0.497 e. The SMILES string of the molecule is COc1ccc2c(OC(C)C)cc(-c3csc([N+](c4nc(-c5cc(OC(C)C)c6ccc(OC)cc6n5)cs4)(C(C)C)C(C)C)n3)nc2c1. The van der Waals surface area contributed by atoms with Gasteiger partial charge in [-0.2, -0.15) is 9.97 Å². The van der Waals surface area contributed by atoms with Crippen LogP contribution in [-0.4, -0.2) is 58.4 Å². The van der Waals surface area contributed by atoms with Crippen molar-refractivity contribution in [3.8, 4) is 45.8 Å². The van der Waals surface area contributed by atoms with E-state index in [1.807, 2.05) is 76.2 Å². The average Bonchev–Trinajstić information content (AvgIpc) is 3.75. The van der Waals surface area contributed by atoms with Gasteiger partial charge in [0.15, 0.2) is 0 Å². The minimum absolute atomic E-state index is 0.00369. The highest BCUT2D eigenvalue weighted by Crippen LogP contribution is 2.46. The van der Waals surface area contributed by atoms with Gasteiger partial charge in [0.25, 0.3) is 10.3 Å². The summed E-state index contributed by atoms with van der Waals surface area (Å²) in [6.07, 6.45) is 0.00737. The Morgan fingerprint density at radius 3 is 1.29 bits per heavy atom. The Balaban J connectivity index is 1.46. The van der Waals surface area contributed by atoms with Crippen molar-refractivity contribution in [2.75, 3.05) is 14.2 Å². The number of benzene rings is 2. The van der Waals surface area contributed by atoms with Gasteiger partial charge in [0, 0.05) is 45.8 Å². The van der Waals surface area contributed by atoms with Gasteiger partial charge >= 0.3 is 0 Å². The van der Waals surface area contributed by atoms with E-state index in [0.29, 0.717) is 4.48 Å². The quantitative estimate of drug-likeness (QED) is 0.117. The van der Waals surface area contributed by atoms with E-state index in [0.717, 1.165) is 77.8 Å². The first-order chi connectivity index (χ1) is 23.4. The van der Waals surface area contributed by atoms with Crippen molar-refractivity contribution in [2.24, 2.45) is 0 Å². The number of ether oxygens (including phenoxy) is 4. The van der Waals surface area contributed by atoms with Crippen LogP contribution in [0.15, 0.2) is 59.3 Å². The second kappa shape index (κ2) is 13.9. The van der Waals surface area contributed by atoms with Gasteiger partial charge in [-0.25, -0.2) is 14.5 Å². The van der Waals surface area contributed by atoms with Crippen LogP contribution in [0.4, 0.5) is 10.3 Å². The van der Waals surface area contributed by atoms with Crippen molar-refractivity contribution in [1.29, 1.82) is 0 Å². The molecule has 0 radical (unpaired) electrons. The third kappa shape index (κ3) is 6.54. The number of pyridine rings is 2. The van der Waals surface area contributed by atoms with Gasteiger partial charge in [-0.1, -0.05) is 22.7 Å². The van der Waals surface area contributed by atoms with Crippen LogP contribution >= 0.6 is 22.7 Å². The summed E-state index contributed by atoms with van der Waals surface area (Å²) in [4.78, 5) is 20.6.